The second-order valence-electron chi connectivity index (χ2n) is 4.72. The third-order valence-electron chi connectivity index (χ3n) is 1.91. The molecule has 0 heterocycles. The van der Waals surface area contributed by atoms with Crippen LogP contribution in [0.1, 0.15) is 26.3 Å². The molecule has 0 aliphatic rings. The fraction of sp³-hybridized carbons (Fsp3) is 0.417. The van der Waals surface area contributed by atoms with Crippen molar-refractivity contribution in [2.24, 2.45) is 0 Å². The van der Waals surface area contributed by atoms with Gasteiger partial charge in [0.2, 0.25) is 0 Å². The first-order chi connectivity index (χ1) is 8.23. The highest BCUT2D eigenvalue weighted by Crippen LogP contribution is 2.21. The van der Waals surface area contributed by atoms with Gasteiger partial charge in [0, 0.05) is 0 Å². The molecule has 0 unspecified atom stereocenters. The second-order valence-corrected chi connectivity index (χ2v) is 4.72. The van der Waals surface area contributed by atoms with Gasteiger partial charge in [-0.05, 0) is 38.5 Å². The summed E-state index contributed by atoms with van der Waals surface area (Å²) in [6.07, 6.45) is -0.893. The van der Waals surface area contributed by atoms with Crippen molar-refractivity contribution in [3.8, 4) is 0 Å². The molecule has 0 saturated heterocycles. The quantitative estimate of drug-likeness (QED) is 0.858. The minimum Gasteiger partial charge on any atom is -0.444 e. The van der Waals surface area contributed by atoms with Crippen LogP contribution in [0.4, 0.5) is 19.3 Å². The van der Waals surface area contributed by atoms with Gasteiger partial charge in [0.25, 0.3) is 0 Å². The smallest absolute Gasteiger partial charge is 0.412 e. The Morgan fingerprint density at radius 1 is 1.39 bits per heavy atom. The van der Waals surface area contributed by atoms with Crippen molar-refractivity contribution < 1.29 is 23.4 Å². The highest BCUT2D eigenvalue weighted by atomic mass is 19.2. The van der Waals surface area contributed by atoms with Gasteiger partial charge in [0.1, 0.15) is 5.60 Å². The van der Waals surface area contributed by atoms with Gasteiger partial charge in [-0.2, -0.15) is 0 Å². The number of benzene rings is 1. The van der Waals surface area contributed by atoms with Gasteiger partial charge in [-0.1, -0.05) is 0 Å². The highest BCUT2D eigenvalue weighted by Gasteiger charge is 2.19. The minimum absolute atomic E-state index is 0.153. The number of nitrogens with one attached hydrogen (secondary N) is 1. The van der Waals surface area contributed by atoms with Gasteiger partial charge in [-0.3, -0.25) is 5.32 Å². The summed E-state index contributed by atoms with van der Waals surface area (Å²) in [5, 5.41) is 11.0. The average molecular weight is 259 g/mol. The number of aliphatic hydroxyl groups is 1. The molecule has 1 aromatic rings. The van der Waals surface area contributed by atoms with Crippen molar-refractivity contribution in [1.82, 2.24) is 0 Å². The lowest BCUT2D eigenvalue weighted by Crippen LogP contribution is -2.27. The number of halogens is 2. The minimum atomic E-state index is -1.20. The first-order valence-corrected chi connectivity index (χ1v) is 5.31. The molecule has 0 fully saturated rings. The molecule has 2 N–H and O–H groups in total. The number of carbonyl (C=O) groups is 1. The van der Waals surface area contributed by atoms with Crippen molar-refractivity contribution in [1.29, 1.82) is 0 Å². The molecule has 0 aliphatic heterocycles. The van der Waals surface area contributed by atoms with E-state index in [1.807, 2.05) is 0 Å². The van der Waals surface area contributed by atoms with E-state index < -0.39 is 29.9 Å². The maximum Gasteiger partial charge on any atom is 0.412 e. The molecular formula is C12H15F2NO3. The van der Waals surface area contributed by atoms with Gasteiger partial charge in [-0.25, -0.2) is 13.6 Å². The van der Waals surface area contributed by atoms with Crippen LogP contribution in [-0.4, -0.2) is 16.8 Å². The van der Waals surface area contributed by atoms with Crippen molar-refractivity contribution in [2.75, 3.05) is 5.32 Å². The summed E-state index contributed by atoms with van der Waals surface area (Å²) in [5.41, 5.74) is -0.957. The highest BCUT2D eigenvalue weighted by molar-refractivity contribution is 5.85. The Morgan fingerprint density at radius 2 is 2.00 bits per heavy atom. The SMILES string of the molecule is CC(C)(C)OC(=O)Nc1cc(CO)cc(F)c1F. The number of amides is 1. The summed E-state index contributed by atoms with van der Waals surface area (Å²) in [5.74, 6) is -2.34. The number of hydrogen-bond acceptors (Lipinski definition) is 3. The standard InChI is InChI=1S/C12H15F2NO3/c1-12(2,3)18-11(17)15-9-5-7(6-16)4-8(13)10(9)14/h4-5,16H,6H2,1-3H3,(H,15,17). The molecule has 0 bridgehead atoms. The van der Waals surface area contributed by atoms with E-state index in [9.17, 15) is 13.6 Å². The molecule has 0 aliphatic carbocycles. The van der Waals surface area contributed by atoms with E-state index in [0.29, 0.717) is 0 Å². The summed E-state index contributed by atoms with van der Waals surface area (Å²) in [6, 6.07) is 2.00. The molecule has 0 spiro atoms. The first-order valence-electron chi connectivity index (χ1n) is 5.31. The number of hydrogen-bond donors (Lipinski definition) is 2. The Labute approximate surface area is 104 Å². The lowest BCUT2D eigenvalue weighted by Gasteiger charge is -2.20. The Hall–Kier alpha value is -1.69. The fourth-order valence-corrected chi connectivity index (χ4v) is 1.24. The Kier molecular flexibility index (Phi) is 4.24. The van der Waals surface area contributed by atoms with Gasteiger partial charge in [0.05, 0.1) is 12.3 Å². The van der Waals surface area contributed by atoms with E-state index in [4.69, 9.17) is 9.84 Å². The number of aliphatic hydroxyl groups excluding tert-OH is 1. The van der Waals surface area contributed by atoms with Gasteiger partial charge in [0.15, 0.2) is 11.6 Å². The molecule has 0 atom stereocenters. The molecule has 1 aromatic carbocycles. The van der Waals surface area contributed by atoms with Crippen molar-refractivity contribution in [3.63, 3.8) is 0 Å². The molecular weight excluding hydrogens is 244 g/mol. The van der Waals surface area contributed by atoms with Gasteiger partial charge >= 0.3 is 6.09 Å². The van der Waals surface area contributed by atoms with E-state index in [0.717, 1.165) is 12.1 Å². The summed E-state index contributed by atoms with van der Waals surface area (Å²) in [4.78, 5) is 11.4. The van der Waals surface area contributed by atoms with Crippen LogP contribution in [0.2, 0.25) is 0 Å². The number of rotatable bonds is 2. The Balaban J connectivity index is 2.90. The second kappa shape index (κ2) is 5.30. The van der Waals surface area contributed by atoms with E-state index in [1.165, 1.54) is 0 Å². The van der Waals surface area contributed by atoms with Crippen LogP contribution in [0.3, 0.4) is 0 Å². The lowest BCUT2D eigenvalue weighted by molar-refractivity contribution is 0.0635. The van der Waals surface area contributed by atoms with Crippen LogP contribution in [-0.2, 0) is 11.3 Å². The molecule has 0 saturated carbocycles. The van der Waals surface area contributed by atoms with Crippen LogP contribution < -0.4 is 5.32 Å². The zero-order valence-electron chi connectivity index (χ0n) is 10.4. The largest absolute Gasteiger partial charge is 0.444 e. The van der Waals surface area contributed by atoms with Crippen LogP contribution >= 0.6 is 0 Å². The summed E-state index contributed by atoms with van der Waals surface area (Å²) >= 11 is 0. The first kappa shape index (κ1) is 14.4. The summed E-state index contributed by atoms with van der Waals surface area (Å²) < 4.78 is 31.4. The molecule has 100 valence electrons. The van der Waals surface area contributed by atoms with Gasteiger partial charge < -0.3 is 9.84 Å². The lowest BCUT2D eigenvalue weighted by atomic mass is 10.2. The third kappa shape index (κ3) is 3.96. The molecule has 0 aromatic heterocycles. The molecule has 4 nitrogen and oxygen atoms in total. The predicted octanol–water partition coefficient (Wildman–Crippen LogP) is 2.80. The third-order valence-corrected chi connectivity index (χ3v) is 1.91. The van der Waals surface area contributed by atoms with Crippen molar-refractivity contribution in [2.45, 2.75) is 33.0 Å². The van der Waals surface area contributed by atoms with Crippen LogP contribution in [0.25, 0.3) is 0 Å². The number of anilines is 1. The zero-order chi connectivity index (χ0) is 13.9. The Morgan fingerprint density at radius 3 is 2.50 bits per heavy atom. The molecule has 0 radical (unpaired) electrons. The van der Waals surface area contributed by atoms with Gasteiger partial charge in [-0.15, -0.1) is 0 Å². The van der Waals surface area contributed by atoms with E-state index in [-0.39, 0.29) is 11.3 Å². The zero-order valence-corrected chi connectivity index (χ0v) is 10.4. The Bertz CT molecular complexity index is 455. The van der Waals surface area contributed by atoms with E-state index >= 15 is 0 Å². The maximum atomic E-state index is 13.4. The van der Waals surface area contributed by atoms with Crippen LogP contribution in [0, 0.1) is 11.6 Å². The molecule has 1 rings (SSSR count). The fourth-order valence-electron chi connectivity index (χ4n) is 1.24. The molecule has 18 heavy (non-hydrogen) atoms. The number of ether oxygens (including phenoxy) is 1. The number of carbonyl (C=O) groups excluding carboxylic acids is 1. The topological polar surface area (TPSA) is 58.6 Å². The van der Waals surface area contributed by atoms with E-state index in [2.05, 4.69) is 5.32 Å². The molecule has 6 heteroatoms. The van der Waals surface area contributed by atoms with Crippen LogP contribution in [0.5, 0.6) is 0 Å². The average Bonchev–Trinajstić information content (AvgIpc) is 2.21. The normalized spacial score (nSPS) is 11.2. The van der Waals surface area contributed by atoms with E-state index in [1.54, 1.807) is 20.8 Å². The monoisotopic (exact) mass is 259 g/mol. The summed E-state index contributed by atoms with van der Waals surface area (Å²) in [6.45, 7) is 4.48. The van der Waals surface area contributed by atoms with Crippen molar-refractivity contribution >= 4 is 11.8 Å². The molecule has 1 amide bonds. The van der Waals surface area contributed by atoms with Crippen LogP contribution in [0.15, 0.2) is 12.1 Å². The van der Waals surface area contributed by atoms with Crippen molar-refractivity contribution in [3.05, 3.63) is 29.3 Å². The maximum absolute atomic E-state index is 13.4. The predicted molar refractivity (Wildman–Crippen MR) is 62.1 cm³/mol. The summed E-state index contributed by atoms with van der Waals surface area (Å²) in [7, 11) is 0.